The number of para-hydroxylation sites is 1. The van der Waals surface area contributed by atoms with Gasteiger partial charge in [0.05, 0.1) is 18.1 Å². The number of nitrogens with zero attached hydrogens (tertiary/aromatic N) is 2. The predicted octanol–water partition coefficient (Wildman–Crippen LogP) is 3.42. The van der Waals surface area contributed by atoms with Crippen LogP contribution in [-0.2, 0) is 4.79 Å². The van der Waals surface area contributed by atoms with Crippen LogP contribution in [0.5, 0.6) is 11.5 Å². The Morgan fingerprint density at radius 1 is 1.16 bits per heavy atom. The van der Waals surface area contributed by atoms with E-state index in [1.54, 1.807) is 4.90 Å². The van der Waals surface area contributed by atoms with Gasteiger partial charge in [0, 0.05) is 17.8 Å². The van der Waals surface area contributed by atoms with Crippen LogP contribution in [0.25, 0.3) is 0 Å². The Balaban J connectivity index is 2.18. The second-order valence-corrected chi connectivity index (χ2v) is 5.57. The number of hydrogen-bond acceptors (Lipinski definition) is 5. The van der Waals surface area contributed by atoms with E-state index < -0.39 is 4.92 Å². The molecule has 2 aromatic carbocycles. The van der Waals surface area contributed by atoms with Crippen molar-refractivity contribution in [1.82, 2.24) is 0 Å². The number of hydrogen-bond donors (Lipinski definition) is 0. The summed E-state index contributed by atoms with van der Waals surface area (Å²) in [5, 5.41) is 10.9. The first-order valence-corrected chi connectivity index (χ1v) is 7.76. The van der Waals surface area contributed by atoms with Crippen molar-refractivity contribution in [2.75, 3.05) is 18.6 Å². The fraction of sp³-hybridized carbons (Fsp3) is 0.278. The molecule has 0 aliphatic heterocycles. The van der Waals surface area contributed by atoms with Crippen molar-refractivity contribution < 1.29 is 19.2 Å². The summed E-state index contributed by atoms with van der Waals surface area (Å²) in [6, 6.07) is 13.2. The fourth-order valence-electron chi connectivity index (χ4n) is 2.42. The Hall–Kier alpha value is -3.09. The van der Waals surface area contributed by atoms with Gasteiger partial charge < -0.3 is 14.4 Å². The lowest BCUT2D eigenvalue weighted by Gasteiger charge is -2.27. The summed E-state index contributed by atoms with van der Waals surface area (Å²) in [5.74, 6) is 0.228. The largest absolute Gasteiger partial charge is 0.493 e. The summed E-state index contributed by atoms with van der Waals surface area (Å²) in [6.07, 6.45) is 0. The predicted molar refractivity (Wildman–Crippen MR) is 94.2 cm³/mol. The molecule has 7 heteroatoms. The van der Waals surface area contributed by atoms with Crippen molar-refractivity contribution in [2.24, 2.45) is 0 Å². The first-order valence-electron chi connectivity index (χ1n) is 7.76. The number of rotatable bonds is 7. The van der Waals surface area contributed by atoms with E-state index in [9.17, 15) is 14.9 Å². The topological polar surface area (TPSA) is 81.9 Å². The number of methoxy groups -OCH3 is 1. The molecule has 0 spiro atoms. The molecule has 0 bridgehead atoms. The molecule has 0 N–H and O–H groups in total. The Labute approximate surface area is 145 Å². The number of amides is 1. The van der Waals surface area contributed by atoms with E-state index in [1.165, 1.54) is 25.3 Å². The number of carbonyl (C=O) groups excluding carboxylic acids is 1. The molecular weight excluding hydrogens is 324 g/mol. The van der Waals surface area contributed by atoms with Crippen LogP contribution in [0.2, 0.25) is 0 Å². The van der Waals surface area contributed by atoms with Crippen LogP contribution >= 0.6 is 0 Å². The smallest absolute Gasteiger partial charge is 0.273 e. The second-order valence-electron chi connectivity index (χ2n) is 5.57. The number of non-ortho nitro benzene ring substituents is 1. The van der Waals surface area contributed by atoms with Gasteiger partial charge in [0.2, 0.25) is 0 Å². The molecule has 132 valence electrons. The molecular formula is C18H20N2O5. The molecule has 0 aliphatic carbocycles. The summed E-state index contributed by atoms with van der Waals surface area (Å²) in [5.41, 5.74) is 0.629. The molecule has 2 rings (SSSR count). The molecule has 2 aromatic rings. The molecule has 25 heavy (non-hydrogen) atoms. The molecule has 0 unspecified atom stereocenters. The number of nitro benzene ring substituents is 1. The van der Waals surface area contributed by atoms with Crippen molar-refractivity contribution in [1.29, 1.82) is 0 Å². The van der Waals surface area contributed by atoms with Crippen molar-refractivity contribution in [3.05, 3.63) is 58.6 Å². The standard InChI is InChI=1S/C18H20N2O5/c1-13(2)19(14-7-5-4-6-8-14)18(21)12-25-17-11-15(20(22)23)9-10-16(17)24-3/h4-11,13H,12H2,1-3H3. The van der Waals surface area contributed by atoms with Gasteiger partial charge in [0.15, 0.2) is 18.1 Å². The highest BCUT2D eigenvalue weighted by Gasteiger charge is 2.21. The minimum Gasteiger partial charge on any atom is -0.493 e. The number of benzene rings is 2. The van der Waals surface area contributed by atoms with E-state index in [1.807, 2.05) is 44.2 Å². The molecule has 0 aliphatic rings. The second kappa shape index (κ2) is 8.14. The zero-order chi connectivity index (χ0) is 18.4. The molecule has 7 nitrogen and oxygen atoms in total. The highest BCUT2D eigenvalue weighted by molar-refractivity contribution is 5.94. The van der Waals surface area contributed by atoms with Crippen LogP contribution in [-0.4, -0.2) is 30.6 Å². The average Bonchev–Trinajstić information content (AvgIpc) is 2.60. The summed E-state index contributed by atoms with van der Waals surface area (Å²) < 4.78 is 10.6. The third kappa shape index (κ3) is 4.47. The van der Waals surface area contributed by atoms with E-state index in [0.717, 1.165) is 5.69 Å². The highest BCUT2D eigenvalue weighted by Crippen LogP contribution is 2.31. The summed E-state index contributed by atoms with van der Waals surface area (Å²) in [6.45, 7) is 3.54. The Bertz CT molecular complexity index is 746. The Morgan fingerprint density at radius 2 is 1.84 bits per heavy atom. The maximum absolute atomic E-state index is 12.6. The monoisotopic (exact) mass is 344 g/mol. The SMILES string of the molecule is COc1ccc([N+](=O)[O-])cc1OCC(=O)N(c1ccccc1)C(C)C. The lowest BCUT2D eigenvalue weighted by Crippen LogP contribution is -2.40. The van der Waals surface area contributed by atoms with Crippen molar-refractivity contribution in [2.45, 2.75) is 19.9 Å². The third-order valence-corrected chi connectivity index (χ3v) is 3.53. The Kier molecular flexibility index (Phi) is 5.94. The molecule has 1 amide bonds. The number of nitro groups is 1. The van der Waals surface area contributed by atoms with Crippen molar-refractivity contribution >= 4 is 17.3 Å². The number of carbonyl (C=O) groups is 1. The zero-order valence-corrected chi connectivity index (χ0v) is 14.3. The van der Waals surface area contributed by atoms with Gasteiger partial charge in [0.25, 0.3) is 11.6 Å². The van der Waals surface area contributed by atoms with Crippen molar-refractivity contribution in [3.63, 3.8) is 0 Å². The van der Waals surface area contributed by atoms with E-state index in [4.69, 9.17) is 9.47 Å². The molecule has 0 fully saturated rings. The zero-order valence-electron chi connectivity index (χ0n) is 14.3. The van der Waals surface area contributed by atoms with Crippen LogP contribution in [0.15, 0.2) is 48.5 Å². The van der Waals surface area contributed by atoms with Gasteiger partial charge >= 0.3 is 0 Å². The molecule has 0 atom stereocenters. The van der Waals surface area contributed by atoms with Gasteiger partial charge in [-0.25, -0.2) is 0 Å². The minimum absolute atomic E-state index is 0.0643. The third-order valence-electron chi connectivity index (χ3n) is 3.53. The molecule has 0 heterocycles. The molecule has 0 radical (unpaired) electrons. The van der Waals surface area contributed by atoms with Gasteiger partial charge in [-0.2, -0.15) is 0 Å². The molecule has 0 saturated heterocycles. The average molecular weight is 344 g/mol. The van der Waals surface area contributed by atoms with Gasteiger partial charge in [-0.3, -0.25) is 14.9 Å². The van der Waals surface area contributed by atoms with E-state index in [-0.39, 0.29) is 30.0 Å². The molecule has 0 aromatic heterocycles. The summed E-state index contributed by atoms with van der Waals surface area (Å²) in [7, 11) is 1.43. The first kappa shape index (κ1) is 18.3. The van der Waals surface area contributed by atoms with Gasteiger partial charge in [-0.1, -0.05) is 18.2 Å². The maximum atomic E-state index is 12.6. The molecule has 0 saturated carbocycles. The minimum atomic E-state index is -0.529. The van der Waals surface area contributed by atoms with Gasteiger partial charge in [-0.05, 0) is 32.0 Å². The van der Waals surface area contributed by atoms with Crippen LogP contribution in [0, 0.1) is 10.1 Å². The highest BCUT2D eigenvalue weighted by atomic mass is 16.6. The lowest BCUT2D eigenvalue weighted by molar-refractivity contribution is -0.385. The lowest BCUT2D eigenvalue weighted by atomic mass is 10.2. The van der Waals surface area contributed by atoms with Crippen LogP contribution in [0.4, 0.5) is 11.4 Å². The van der Waals surface area contributed by atoms with E-state index >= 15 is 0 Å². The van der Waals surface area contributed by atoms with Crippen LogP contribution in [0.1, 0.15) is 13.8 Å². The van der Waals surface area contributed by atoms with Gasteiger partial charge in [-0.15, -0.1) is 0 Å². The normalized spacial score (nSPS) is 10.4. The first-order chi connectivity index (χ1) is 11.9. The van der Waals surface area contributed by atoms with Gasteiger partial charge in [0.1, 0.15) is 0 Å². The van der Waals surface area contributed by atoms with E-state index in [2.05, 4.69) is 0 Å². The summed E-state index contributed by atoms with van der Waals surface area (Å²) in [4.78, 5) is 24.6. The summed E-state index contributed by atoms with van der Waals surface area (Å²) >= 11 is 0. The fourth-order valence-corrected chi connectivity index (χ4v) is 2.42. The Morgan fingerprint density at radius 3 is 2.40 bits per heavy atom. The van der Waals surface area contributed by atoms with E-state index in [0.29, 0.717) is 5.75 Å². The quantitative estimate of drug-likeness (QED) is 0.568. The maximum Gasteiger partial charge on any atom is 0.273 e. The van der Waals surface area contributed by atoms with Crippen molar-refractivity contribution in [3.8, 4) is 11.5 Å². The number of anilines is 1. The van der Waals surface area contributed by atoms with Crippen LogP contribution < -0.4 is 14.4 Å². The van der Waals surface area contributed by atoms with Crippen LogP contribution in [0.3, 0.4) is 0 Å². The number of ether oxygens (including phenoxy) is 2.